The maximum absolute atomic E-state index is 14.4. The molecule has 1 spiro atoms. The number of halogens is 2. The van der Waals surface area contributed by atoms with E-state index in [1.54, 1.807) is 34.1 Å². The highest BCUT2D eigenvalue weighted by Crippen LogP contribution is 2.54. The summed E-state index contributed by atoms with van der Waals surface area (Å²) in [6, 6.07) is 10.8. The normalized spacial score (nSPS) is 24.9. The molecule has 3 amide bonds. The molecule has 3 heterocycles. The highest BCUT2D eigenvalue weighted by atomic mass is 35.5. The van der Waals surface area contributed by atoms with Crippen LogP contribution in [0.2, 0.25) is 5.02 Å². The van der Waals surface area contributed by atoms with Gasteiger partial charge in [-0.1, -0.05) is 29.8 Å². The molecule has 2 N–H and O–H groups in total. The summed E-state index contributed by atoms with van der Waals surface area (Å²) in [7, 11) is 0. The number of nitrogens with zero attached hydrogens (tertiary/aromatic N) is 3. The first kappa shape index (κ1) is 23.1. The van der Waals surface area contributed by atoms with Crippen LogP contribution in [0.5, 0.6) is 0 Å². The van der Waals surface area contributed by atoms with Crippen molar-refractivity contribution in [2.45, 2.75) is 24.3 Å². The molecular formula is C25H28ClFN4O3. The maximum Gasteiger partial charge on any atom is 0.320 e. The Kier molecular flexibility index (Phi) is 6.22. The number of carbonyl (C=O) groups excluding carboxylic acids is 2. The van der Waals surface area contributed by atoms with E-state index in [2.05, 4.69) is 10.2 Å². The van der Waals surface area contributed by atoms with E-state index in [-0.39, 0.29) is 18.5 Å². The lowest BCUT2D eigenvalue weighted by Crippen LogP contribution is -2.59. The van der Waals surface area contributed by atoms with Crippen LogP contribution in [0.25, 0.3) is 0 Å². The first-order chi connectivity index (χ1) is 16.4. The Morgan fingerprint density at radius 1 is 1.15 bits per heavy atom. The number of benzene rings is 2. The molecule has 0 aromatic heterocycles. The lowest BCUT2D eigenvalue weighted by atomic mass is 9.67. The Hall–Kier alpha value is -2.68. The van der Waals surface area contributed by atoms with Crippen LogP contribution >= 0.6 is 11.6 Å². The van der Waals surface area contributed by atoms with Gasteiger partial charge in [0.15, 0.2) is 0 Å². The third-order valence-corrected chi connectivity index (χ3v) is 7.57. The van der Waals surface area contributed by atoms with Gasteiger partial charge in [0.1, 0.15) is 11.2 Å². The van der Waals surface area contributed by atoms with Crippen molar-refractivity contribution < 1.29 is 19.1 Å². The Morgan fingerprint density at radius 3 is 2.68 bits per heavy atom. The van der Waals surface area contributed by atoms with Crippen LogP contribution in [-0.2, 0) is 10.2 Å². The number of β-amino-alcohol motifs (C(OH)–C–C–N with tert-alkyl or cyclic N) is 1. The largest absolute Gasteiger partial charge is 0.395 e. The van der Waals surface area contributed by atoms with Crippen LogP contribution in [0.15, 0.2) is 42.5 Å². The molecule has 1 unspecified atom stereocenters. The highest BCUT2D eigenvalue weighted by Gasteiger charge is 2.57. The van der Waals surface area contributed by atoms with Gasteiger partial charge in [-0.2, -0.15) is 0 Å². The number of piperazine rings is 1. The Labute approximate surface area is 203 Å². The molecule has 9 heteroatoms. The van der Waals surface area contributed by atoms with Gasteiger partial charge < -0.3 is 20.2 Å². The number of nitrogens with one attached hydrogen (secondary N) is 1. The maximum atomic E-state index is 14.4. The average molecular weight is 487 g/mol. The smallest absolute Gasteiger partial charge is 0.320 e. The number of hydrogen-bond acceptors (Lipinski definition) is 4. The second-order valence-electron chi connectivity index (χ2n) is 9.20. The van der Waals surface area contributed by atoms with E-state index >= 15 is 0 Å². The molecule has 2 aromatic rings. The van der Waals surface area contributed by atoms with Crippen LogP contribution in [0.1, 0.15) is 30.0 Å². The summed E-state index contributed by atoms with van der Waals surface area (Å²) in [5.41, 5.74) is 1.01. The van der Waals surface area contributed by atoms with Gasteiger partial charge in [0.2, 0.25) is 5.91 Å². The molecule has 2 aromatic carbocycles. The van der Waals surface area contributed by atoms with Crippen LogP contribution in [0, 0.1) is 5.82 Å². The molecule has 180 valence electrons. The number of aliphatic hydroxyl groups is 1. The first-order valence-electron chi connectivity index (χ1n) is 11.7. The molecule has 3 aliphatic rings. The summed E-state index contributed by atoms with van der Waals surface area (Å²) >= 11 is 6.20. The summed E-state index contributed by atoms with van der Waals surface area (Å²) in [5.74, 6) is -0.595. The minimum atomic E-state index is -1.03. The standard InChI is InChI=1S/C25H28ClFN4O3/c26-18-5-6-20-21(16-18)28-23(33)25(20)7-2-8-31(22(25)17-3-1-4-19(27)15-17)24(34)30-11-9-29(10-12-30)13-14-32/h1,3-6,15-16,22,32H,2,7-14H2,(H,28,33)/t22?,25-/m1/s1. The zero-order chi connectivity index (χ0) is 23.9. The van der Waals surface area contributed by atoms with Gasteiger partial charge in [0.05, 0.1) is 12.6 Å². The van der Waals surface area contributed by atoms with E-state index in [1.165, 1.54) is 12.1 Å². The van der Waals surface area contributed by atoms with Crippen molar-refractivity contribution >= 4 is 29.2 Å². The number of carbonyl (C=O) groups is 2. The number of fused-ring (bicyclic) bond motifs is 2. The van der Waals surface area contributed by atoms with Gasteiger partial charge in [0.25, 0.3) is 0 Å². The summed E-state index contributed by atoms with van der Waals surface area (Å²) < 4.78 is 14.4. The molecule has 5 rings (SSSR count). The predicted octanol–water partition coefficient (Wildman–Crippen LogP) is 3.24. The fourth-order valence-electron chi connectivity index (χ4n) is 5.78. The SMILES string of the molecule is O=C(N1CCN(CCO)CC1)N1CCC[C@]2(C(=O)Nc3cc(Cl)ccc32)C1c1cccc(F)c1. The number of piperidine rings is 1. The van der Waals surface area contributed by atoms with E-state index in [0.29, 0.717) is 68.4 Å². The Balaban J connectivity index is 1.55. The van der Waals surface area contributed by atoms with E-state index in [1.807, 2.05) is 6.07 Å². The van der Waals surface area contributed by atoms with Gasteiger partial charge in [-0.15, -0.1) is 0 Å². The van der Waals surface area contributed by atoms with Crippen molar-refractivity contribution in [1.82, 2.24) is 14.7 Å². The Morgan fingerprint density at radius 2 is 1.94 bits per heavy atom. The third kappa shape index (κ3) is 3.83. The van der Waals surface area contributed by atoms with Crippen molar-refractivity contribution in [3.8, 4) is 0 Å². The lowest BCUT2D eigenvalue weighted by Gasteiger charge is -2.49. The molecule has 2 saturated heterocycles. The number of anilines is 1. The molecular weight excluding hydrogens is 459 g/mol. The zero-order valence-electron chi connectivity index (χ0n) is 18.8. The van der Waals surface area contributed by atoms with Crippen molar-refractivity contribution in [1.29, 1.82) is 0 Å². The average Bonchev–Trinajstić information content (AvgIpc) is 3.09. The first-order valence-corrected chi connectivity index (χ1v) is 12.1. The lowest BCUT2D eigenvalue weighted by molar-refractivity contribution is -0.125. The monoisotopic (exact) mass is 486 g/mol. The summed E-state index contributed by atoms with van der Waals surface area (Å²) in [6.45, 7) is 3.58. The summed E-state index contributed by atoms with van der Waals surface area (Å²) in [4.78, 5) is 33.1. The van der Waals surface area contributed by atoms with Gasteiger partial charge in [-0.05, 0) is 48.2 Å². The van der Waals surface area contributed by atoms with Gasteiger partial charge in [0, 0.05) is 50.0 Å². The molecule has 7 nitrogen and oxygen atoms in total. The van der Waals surface area contributed by atoms with Crippen molar-refractivity contribution in [3.63, 3.8) is 0 Å². The van der Waals surface area contributed by atoms with Crippen molar-refractivity contribution in [2.24, 2.45) is 0 Å². The van der Waals surface area contributed by atoms with E-state index < -0.39 is 17.3 Å². The minimum Gasteiger partial charge on any atom is -0.395 e. The topological polar surface area (TPSA) is 76.1 Å². The number of rotatable bonds is 3. The summed E-state index contributed by atoms with van der Waals surface area (Å²) in [5, 5.41) is 12.7. The zero-order valence-corrected chi connectivity index (χ0v) is 19.6. The fourth-order valence-corrected chi connectivity index (χ4v) is 5.95. The molecule has 2 fully saturated rings. The van der Waals surface area contributed by atoms with Crippen molar-refractivity contribution in [2.75, 3.05) is 51.2 Å². The van der Waals surface area contributed by atoms with Crippen LogP contribution in [0.4, 0.5) is 14.9 Å². The van der Waals surface area contributed by atoms with E-state index in [4.69, 9.17) is 11.6 Å². The molecule has 0 saturated carbocycles. The molecule has 3 aliphatic heterocycles. The van der Waals surface area contributed by atoms with Gasteiger partial charge in [-0.25, -0.2) is 9.18 Å². The highest BCUT2D eigenvalue weighted by molar-refractivity contribution is 6.31. The van der Waals surface area contributed by atoms with E-state index in [9.17, 15) is 19.1 Å². The molecule has 0 radical (unpaired) electrons. The van der Waals surface area contributed by atoms with Crippen LogP contribution < -0.4 is 5.32 Å². The molecule has 34 heavy (non-hydrogen) atoms. The van der Waals surface area contributed by atoms with E-state index in [0.717, 1.165) is 5.56 Å². The summed E-state index contributed by atoms with van der Waals surface area (Å²) in [6.07, 6.45) is 1.19. The number of aliphatic hydroxyl groups excluding tert-OH is 1. The van der Waals surface area contributed by atoms with Crippen LogP contribution in [-0.4, -0.2) is 77.6 Å². The number of urea groups is 1. The third-order valence-electron chi connectivity index (χ3n) is 7.33. The number of likely N-dealkylation sites (tertiary alicyclic amines) is 1. The second-order valence-corrected chi connectivity index (χ2v) is 9.64. The van der Waals surface area contributed by atoms with Crippen LogP contribution in [0.3, 0.4) is 0 Å². The quantitative estimate of drug-likeness (QED) is 0.698. The molecule has 2 atom stereocenters. The molecule has 0 bridgehead atoms. The van der Waals surface area contributed by atoms with Crippen molar-refractivity contribution in [3.05, 3.63) is 64.4 Å². The second kappa shape index (κ2) is 9.17. The van der Waals surface area contributed by atoms with Gasteiger partial charge in [-0.3, -0.25) is 9.69 Å². The number of hydrogen-bond donors (Lipinski definition) is 2. The Bertz CT molecular complexity index is 1110. The van der Waals surface area contributed by atoms with Gasteiger partial charge >= 0.3 is 6.03 Å². The molecule has 0 aliphatic carbocycles. The minimum absolute atomic E-state index is 0.0861. The number of amides is 3. The predicted molar refractivity (Wildman–Crippen MR) is 127 cm³/mol. The fraction of sp³-hybridized carbons (Fsp3) is 0.440.